The van der Waals surface area contributed by atoms with Gasteiger partial charge in [0.1, 0.15) is 11.2 Å². The van der Waals surface area contributed by atoms with Gasteiger partial charge in [0, 0.05) is 5.56 Å². The van der Waals surface area contributed by atoms with Crippen molar-refractivity contribution in [2.75, 3.05) is 0 Å². The Morgan fingerprint density at radius 1 is 0.762 bits per heavy atom. The third-order valence-corrected chi connectivity index (χ3v) is 3.55. The minimum Gasteiger partial charge on any atom is -0.246 e. The lowest BCUT2D eigenvalue weighted by atomic mass is 10.0. The van der Waals surface area contributed by atoms with E-state index in [0.29, 0.717) is 11.4 Å². The van der Waals surface area contributed by atoms with Crippen molar-refractivity contribution >= 4 is 24.7 Å². The van der Waals surface area contributed by atoms with Gasteiger partial charge in [0.2, 0.25) is 0 Å². The van der Waals surface area contributed by atoms with E-state index in [1.165, 1.54) is 11.1 Å². The summed E-state index contributed by atoms with van der Waals surface area (Å²) in [5.41, 5.74) is 8.34. The second kappa shape index (κ2) is 4.92. The Bertz CT molecular complexity index is 838. The molecule has 2 aromatic heterocycles. The van der Waals surface area contributed by atoms with E-state index in [-0.39, 0.29) is 0 Å². The number of aromatic nitrogens is 4. The van der Waals surface area contributed by atoms with Crippen molar-refractivity contribution in [2.24, 2.45) is 0 Å². The van der Waals surface area contributed by atoms with Crippen molar-refractivity contribution in [3.63, 3.8) is 0 Å². The van der Waals surface area contributed by atoms with Crippen LogP contribution in [0, 0.1) is 27.7 Å². The number of rotatable bonds is 1. The van der Waals surface area contributed by atoms with E-state index in [4.69, 9.17) is 0 Å². The Morgan fingerprint density at radius 3 is 2.05 bits per heavy atom. The molecule has 0 spiro atoms. The first-order valence-corrected chi connectivity index (χ1v) is 7.02. The maximum Gasteiger partial charge on any atom is 0.189 e. The number of nitrogens with zero attached hydrogens (tertiary/aromatic N) is 4. The molecule has 0 unspecified atom stereocenters. The molecule has 0 bridgehead atoms. The fraction of sp³-hybridized carbons (Fsp3) is 0.250. The van der Waals surface area contributed by atoms with Crippen LogP contribution in [0.1, 0.15) is 22.5 Å². The van der Waals surface area contributed by atoms with Gasteiger partial charge in [0.25, 0.3) is 0 Å². The van der Waals surface area contributed by atoms with Crippen LogP contribution in [0.5, 0.6) is 0 Å². The molecule has 5 heteroatoms. The molecule has 0 N–H and O–H groups in total. The Hall–Kier alpha value is -2.30. The average molecular weight is 276 g/mol. The predicted octanol–water partition coefficient (Wildman–Crippen LogP) is 1.58. The van der Waals surface area contributed by atoms with Crippen molar-refractivity contribution in [1.29, 1.82) is 0 Å². The van der Waals surface area contributed by atoms with E-state index in [1.807, 2.05) is 21.7 Å². The van der Waals surface area contributed by atoms with E-state index in [9.17, 15) is 0 Å². The van der Waals surface area contributed by atoms with Crippen LogP contribution in [-0.4, -0.2) is 27.8 Å². The molecule has 4 nitrogen and oxygen atoms in total. The van der Waals surface area contributed by atoms with E-state index >= 15 is 0 Å². The summed E-state index contributed by atoms with van der Waals surface area (Å²) >= 11 is 0. The first-order chi connectivity index (χ1) is 9.94. The van der Waals surface area contributed by atoms with Crippen LogP contribution in [0.4, 0.5) is 0 Å². The van der Waals surface area contributed by atoms with Crippen molar-refractivity contribution < 1.29 is 0 Å². The number of hydrogen-bond acceptors (Lipinski definition) is 4. The van der Waals surface area contributed by atoms with Crippen LogP contribution in [-0.2, 0) is 0 Å². The summed E-state index contributed by atoms with van der Waals surface area (Å²) in [5, 5.41) is 0. The van der Waals surface area contributed by atoms with E-state index in [1.54, 1.807) is 0 Å². The number of fused-ring (bicyclic) bond motifs is 1. The van der Waals surface area contributed by atoms with Gasteiger partial charge < -0.3 is 0 Å². The normalized spacial score (nSPS) is 11.0. The summed E-state index contributed by atoms with van der Waals surface area (Å²) in [6.07, 6.45) is 0. The zero-order chi connectivity index (χ0) is 15.1. The molecule has 0 saturated heterocycles. The standard InChI is InChI=1S/C16H17BN4/c1-8-5-9(2)7-12(6-8)13-14-15(21-16(17)20-13)19-11(4)10(3)18-14/h5-7H,17H2,1-4H3. The molecule has 21 heavy (non-hydrogen) atoms. The van der Waals surface area contributed by atoms with Gasteiger partial charge in [-0.05, 0) is 39.8 Å². The van der Waals surface area contributed by atoms with Crippen LogP contribution < -0.4 is 5.72 Å². The molecule has 0 aliphatic rings. The summed E-state index contributed by atoms with van der Waals surface area (Å²) in [5.74, 6) is 0. The fourth-order valence-corrected chi connectivity index (χ4v) is 2.53. The van der Waals surface area contributed by atoms with Crippen molar-refractivity contribution in [2.45, 2.75) is 27.7 Å². The van der Waals surface area contributed by atoms with Crippen LogP contribution in [0.3, 0.4) is 0 Å². The zero-order valence-corrected chi connectivity index (χ0v) is 13.0. The Kier molecular flexibility index (Phi) is 3.20. The molecule has 3 rings (SSSR count). The van der Waals surface area contributed by atoms with Gasteiger partial charge in [-0.15, -0.1) is 0 Å². The topological polar surface area (TPSA) is 51.6 Å². The summed E-state index contributed by atoms with van der Waals surface area (Å²) in [6.45, 7) is 8.10. The van der Waals surface area contributed by atoms with E-state index in [0.717, 1.165) is 28.2 Å². The lowest BCUT2D eigenvalue weighted by molar-refractivity contribution is 1.07. The van der Waals surface area contributed by atoms with Crippen LogP contribution in [0.2, 0.25) is 0 Å². The molecule has 3 aromatic rings. The highest BCUT2D eigenvalue weighted by atomic mass is 15.0. The van der Waals surface area contributed by atoms with Gasteiger partial charge in [-0.25, -0.2) is 19.9 Å². The number of aryl methyl sites for hydroxylation is 4. The summed E-state index contributed by atoms with van der Waals surface area (Å²) < 4.78 is 0. The lowest BCUT2D eigenvalue weighted by Crippen LogP contribution is -2.16. The Morgan fingerprint density at radius 2 is 1.38 bits per heavy atom. The Labute approximate surface area is 125 Å². The van der Waals surface area contributed by atoms with E-state index in [2.05, 4.69) is 52.0 Å². The second-order valence-electron chi connectivity index (χ2n) is 5.56. The van der Waals surface area contributed by atoms with Gasteiger partial charge in [0.05, 0.1) is 17.1 Å². The summed E-state index contributed by atoms with van der Waals surface area (Å²) in [6, 6.07) is 6.41. The highest BCUT2D eigenvalue weighted by Crippen LogP contribution is 2.25. The smallest absolute Gasteiger partial charge is 0.189 e. The number of benzene rings is 1. The van der Waals surface area contributed by atoms with Crippen molar-refractivity contribution in [3.05, 3.63) is 40.7 Å². The van der Waals surface area contributed by atoms with Gasteiger partial charge in [0.15, 0.2) is 13.5 Å². The van der Waals surface area contributed by atoms with Gasteiger partial charge in [-0.2, -0.15) is 0 Å². The largest absolute Gasteiger partial charge is 0.246 e. The van der Waals surface area contributed by atoms with Crippen LogP contribution >= 0.6 is 0 Å². The molecule has 0 amide bonds. The molecular formula is C16H17BN4. The monoisotopic (exact) mass is 276 g/mol. The summed E-state index contributed by atoms with van der Waals surface area (Å²) in [4.78, 5) is 18.3. The minimum atomic E-state index is 0.666. The van der Waals surface area contributed by atoms with Gasteiger partial charge >= 0.3 is 0 Å². The van der Waals surface area contributed by atoms with Gasteiger partial charge in [-0.1, -0.05) is 17.2 Å². The van der Waals surface area contributed by atoms with Crippen LogP contribution in [0.25, 0.3) is 22.4 Å². The maximum absolute atomic E-state index is 4.66. The van der Waals surface area contributed by atoms with Crippen molar-refractivity contribution in [3.8, 4) is 11.3 Å². The number of hydrogen-bond donors (Lipinski definition) is 0. The van der Waals surface area contributed by atoms with E-state index < -0.39 is 0 Å². The zero-order valence-electron chi connectivity index (χ0n) is 13.0. The molecule has 0 saturated carbocycles. The summed E-state index contributed by atoms with van der Waals surface area (Å²) in [7, 11) is 1.89. The molecule has 0 fully saturated rings. The lowest BCUT2D eigenvalue weighted by Gasteiger charge is -2.09. The molecule has 0 aliphatic heterocycles. The molecule has 2 heterocycles. The minimum absolute atomic E-state index is 0.666. The predicted molar refractivity (Wildman–Crippen MR) is 87.7 cm³/mol. The molecule has 104 valence electrons. The quantitative estimate of drug-likeness (QED) is 0.633. The first kappa shape index (κ1) is 13.7. The Balaban J connectivity index is 2.38. The fourth-order valence-electron chi connectivity index (χ4n) is 2.53. The highest BCUT2D eigenvalue weighted by Gasteiger charge is 2.13. The first-order valence-electron chi connectivity index (χ1n) is 7.02. The van der Waals surface area contributed by atoms with Crippen molar-refractivity contribution in [1.82, 2.24) is 19.9 Å². The maximum atomic E-state index is 4.66. The molecule has 0 aliphatic carbocycles. The molecular weight excluding hydrogens is 259 g/mol. The third kappa shape index (κ3) is 2.51. The average Bonchev–Trinajstić information content (AvgIpc) is 2.38. The SMILES string of the molecule is Bc1nc(-c2cc(C)cc(C)c2)c2nc(C)c(C)nc2n1. The second-order valence-corrected chi connectivity index (χ2v) is 5.56. The molecule has 1 aromatic carbocycles. The third-order valence-electron chi connectivity index (χ3n) is 3.55. The highest BCUT2D eigenvalue weighted by molar-refractivity contribution is 6.29. The van der Waals surface area contributed by atoms with Gasteiger partial charge in [-0.3, -0.25) is 0 Å². The molecule has 0 radical (unpaired) electrons. The van der Waals surface area contributed by atoms with Crippen LogP contribution in [0.15, 0.2) is 18.2 Å². The molecule has 0 atom stereocenters.